The molecule has 1 atom stereocenters. The van der Waals surface area contributed by atoms with E-state index in [0.717, 1.165) is 0 Å². The van der Waals surface area contributed by atoms with E-state index in [2.05, 4.69) is 6.58 Å². The quantitative estimate of drug-likeness (QED) is 0.326. The Hall–Kier alpha value is -0.830. The van der Waals surface area contributed by atoms with Gasteiger partial charge in [0.25, 0.3) is 0 Å². The fraction of sp³-hybridized carbons (Fsp3) is 0.571. The second kappa shape index (κ2) is 2.09. The van der Waals surface area contributed by atoms with Crippen LogP contribution in [0.4, 0.5) is 0 Å². The lowest BCUT2D eigenvalue weighted by Crippen LogP contribution is -2.17. The van der Waals surface area contributed by atoms with Crippen molar-refractivity contribution in [1.82, 2.24) is 0 Å². The lowest BCUT2D eigenvalue weighted by atomic mass is 10.3. The smallest absolute Gasteiger partial charge is 0.335 e. The van der Waals surface area contributed by atoms with Gasteiger partial charge in [0.2, 0.25) is 5.79 Å². The van der Waals surface area contributed by atoms with Crippen LogP contribution in [-0.2, 0) is 14.3 Å². The summed E-state index contributed by atoms with van der Waals surface area (Å²) in [5, 5.41) is 0. The molecular formula is C7H10O3. The molecule has 0 aromatic heterocycles. The summed E-state index contributed by atoms with van der Waals surface area (Å²) in [6.45, 7) is 7.25. The summed E-state index contributed by atoms with van der Waals surface area (Å²) >= 11 is 0. The number of hydrogen-bond acceptors (Lipinski definition) is 3. The lowest BCUT2D eigenvalue weighted by Gasteiger charge is -2.06. The van der Waals surface area contributed by atoms with E-state index in [4.69, 9.17) is 9.47 Å². The standard InChI is InChI=1S/C7H10O3/c1-5(2)6(8)10-7(3)4-9-7/h1,4H2,2-3H3. The van der Waals surface area contributed by atoms with Crippen molar-refractivity contribution in [2.75, 3.05) is 6.61 Å². The molecule has 3 nitrogen and oxygen atoms in total. The molecule has 1 fully saturated rings. The third-order valence-corrected chi connectivity index (χ3v) is 1.21. The Labute approximate surface area is 59.6 Å². The molecule has 0 aromatic carbocycles. The molecule has 1 rings (SSSR count). The first-order valence-corrected chi connectivity index (χ1v) is 3.06. The lowest BCUT2D eigenvalue weighted by molar-refractivity contribution is -0.151. The van der Waals surface area contributed by atoms with Crippen molar-refractivity contribution in [2.45, 2.75) is 19.6 Å². The van der Waals surface area contributed by atoms with Gasteiger partial charge in [0.1, 0.15) is 6.61 Å². The Morgan fingerprint density at radius 2 is 2.30 bits per heavy atom. The van der Waals surface area contributed by atoms with Crippen LogP contribution in [0.5, 0.6) is 0 Å². The molecule has 3 heteroatoms. The third-order valence-electron chi connectivity index (χ3n) is 1.21. The van der Waals surface area contributed by atoms with Crippen molar-refractivity contribution in [3.8, 4) is 0 Å². The van der Waals surface area contributed by atoms with Crippen molar-refractivity contribution < 1.29 is 14.3 Å². The van der Waals surface area contributed by atoms with Crippen LogP contribution in [0.25, 0.3) is 0 Å². The zero-order chi connectivity index (χ0) is 7.78. The fourth-order valence-corrected chi connectivity index (χ4v) is 0.444. The molecule has 0 aliphatic carbocycles. The van der Waals surface area contributed by atoms with Gasteiger partial charge in [0.05, 0.1) is 0 Å². The fourth-order valence-electron chi connectivity index (χ4n) is 0.444. The summed E-state index contributed by atoms with van der Waals surface area (Å²) in [5.74, 6) is -1.05. The van der Waals surface area contributed by atoms with Crippen molar-refractivity contribution in [1.29, 1.82) is 0 Å². The van der Waals surface area contributed by atoms with Crippen LogP contribution >= 0.6 is 0 Å². The molecule has 1 aliphatic heterocycles. The minimum absolute atomic E-state index is 0.389. The molecule has 1 heterocycles. The van der Waals surface area contributed by atoms with E-state index >= 15 is 0 Å². The van der Waals surface area contributed by atoms with E-state index in [9.17, 15) is 4.79 Å². The number of carbonyl (C=O) groups excluding carboxylic acids is 1. The summed E-state index contributed by atoms with van der Waals surface area (Å²) < 4.78 is 9.68. The number of epoxide rings is 1. The van der Waals surface area contributed by atoms with Gasteiger partial charge in [-0.1, -0.05) is 6.58 Å². The van der Waals surface area contributed by atoms with Crippen LogP contribution in [0.2, 0.25) is 0 Å². The Balaban J connectivity index is 2.39. The normalized spacial score (nSPS) is 29.4. The maximum atomic E-state index is 10.8. The largest absolute Gasteiger partial charge is 0.427 e. The summed E-state index contributed by atoms with van der Waals surface area (Å²) in [6, 6.07) is 0. The molecule has 0 radical (unpaired) electrons. The summed E-state index contributed by atoms with van der Waals surface area (Å²) in [4.78, 5) is 10.8. The Morgan fingerprint density at radius 3 is 2.60 bits per heavy atom. The predicted octanol–water partition coefficient (Wildman–Crippen LogP) is 0.852. The minimum atomic E-state index is -0.657. The highest BCUT2D eigenvalue weighted by atomic mass is 16.8. The van der Waals surface area contributed by atoms with Crippen LogP contribution in [0, 0.1) is 0 Å². The molecular weight excluding hydrogens is 132 g/mol. The zero-order valence-electron chi connectivity index (χ0n) is 6.14. The number of ether oxygens (including phenoxy) is 2. The first kappa shape index (κ1) is 7.28. The molecule has 1 unspecified atom stereocenters. The highest BCUT2D eigenvalue weighted by molar-refractivity contribution is 5.87. The second-order valence-electron chi connectivity index (χ2n) is 2.59. The molecule has 1 aliphatic rings. The molecule has 10 heavy (non-hydrogen) atoms. The Kier molecular flexibility index (Phi) is 1.52. The number of carbonyl (C=O) groups is 1. The number of hydrogen-bond donors (Lipinski definition) is 0. The molecule has 0 N–H and O–H groups in total. The first-order chi connectivity index (χ1) is 4.53. The van der Waals surface area contributed by atoms with Crippen molar-refractivity contribution in [3.63, 3.8) is 0 Å². The molecule has 1 saturated heterocycles. The molecule has 56 valence electrons. The molecule has 0 aromatic rings. The Morgan fingerprint density at radius 1 is 1.80 bits per heavy atom. The number of rotatable bonds is 2. The van der Waals surface area contributed by atoms with E-state index in [1.165, 1.54) is 0 Å². The van der Waals surface area contributed by atoms with E-state index in [-0.39, 0.29) is 5.97 Å². The van der Waals surface area contributed by atoms with Crippen molar-refractivity contribution >= 4 is 5.97 Å². The molecule has 0 saturated carbocycles. The maximum absolute atomic E-state index is 10.8. The Bertz CT molecular complexity index is 179. The highest BCUT2D eigenvalue weighted by Crippen LogP contribution is 2.27. The average molecular weight is 142 g/mol. The van der Waals surface area contributed by atoms with Gasteiger partial charge in [-0.05, 0) is 6.92 Å². The van der Waals surface area contributed by atoms with E-state index in [0.29, 0.717) is 12.2 Å². The first-order valence-electron chi connectivity index (χ1n) is 3.06. The summed E-state index contributed by atoms with van der Waals surface area (Å²) in [6.07, 6.45) is 0. The highest BCUT2D eigenvalue weighted by Gasteiger charge is 2.43. The second-order valence-corrected chi connectivity index (χ2v) is 2.59. The minimum Gasteiger partial charge on any atom is -0.427 e. The maximum Gasteiger partial charge on any atom is 0.335 e. The van der Waals surface area contributed by atoms with E-state index in [1.54, 1.807) is 13.8 Å². The molecule has 0 spiro atoms. The third kappa shape index (κ3) is 1.57. The van der Waals surface area contributed by atoms with Crippen LogP contribution < -0.4 is 0 Å². The summed E-state index contributed by atoms with van der Waals surface area (Å²) in [5.41, 5.74) is 0.400. The van der Waals surface area contributed by atoms with Gasteiger partial charge in [-0.3, -0.25) is 0 Å². The van der Waals surface area contributed by atoms with Crippen LogP contribution in [0.3, 0.4) is 0 Å². The van der Waals surface area contributed by atoms with E-state index in [1.807, 2.05) is 0 Å². The van der Waals surface area contributed by atoms with Gasteiger partial charge in [-0.25, -0.2) is 4.79 Å². The SMILES string of the molecule is C=C(C)C(=O)OC1(C)CO1. The van der Waals surface area contributed by atoms with Gasteiger partial charge >= 0.3 is 5.97 Å². The average Bonchev–Trinajstić information content (AvgIpc) is 2.47. The van der Waals surface area contributed by atoms with Crippen LogP contribution in [0.1, 0.15) is 13.8 Å². The molecule has 0 bridgehead atoms. The summed E-state index contributed by atoms with van der Waals surface area (Å²) in [7, 11) is 0. The topological polar surface area (TPSA) is 38.8 Å². The van der Waals surface area contributed by atoms with Crippen molar-refractivity contribution in [2.24, 2.45) is 0 Å². The van der Waals surface area contributed by atoms with Crippen molar-refractivity contribution in [3.05, 3.63) is 12.2 Å². The van der Waals surface area contributed by atoms with Crippen LogP contribution in [0.15, 0.2) is 12.2 Å². The van der Waals surface area contributed by atoms with E-state index < -0.39 is 5.79 Å². The van der Waals surface area contributed by atoms with Gasteiger partial charge in [-0.15, -0.1) is 0 Å². The van der Waals surface area contributed by atoms with Gasteiger partial charge in [-0.2, -0.15) is 0 Å². The predicted molar refractivity (Wildman–Crippen MR) is 35.3 cm³/mol. The van der Waals surface area contributed by atoms with Gasteiger partial charge in [0.15, 0.2) is 0 Å². The zero-order valence-corrected chi connectivity index (χ0v) is 6.14. The van der Waals surface area contributed by atoms with Crippen LogP contribution in [-0.4, -0.2) is 18.4 Å². The van der Waals surface area contributed by atoms with Gasteiger partial charge < -0.3 is 9.47 Å². The molecule has 0 amide bonds. The number of esters is 1. The monoisotopic (exact) mass is 142 g/mol. The van der Waals surface area contributed by atoms with Gasteiger partial charge in [0, 0.05) is 12.5 Å².